The average Bonchev–Trinajstić information content (AvgIpc) is 2.74. The lowest BCUT2D eigenvalue weighted by molar-refractivity contribution is 0.0601. The zero-order valence-corrected chi connectivity index (χ0v) is 11.3. The monoisotopic (exact) mass is 284 g/mol. The molecule has 0 amide bonds. The van der Waals surface area contributed by atoms with Crippen molar-refractivity contribution < 1.29 is 9.53 Å². The molecule has 2 aromatic rings. The Bertz CT molecular complexity index is 585. The van der Waals surface area contributed by atoms with E-state index < -0.39 is 5.97 Å². The number of aryl methyl sites for hydroxylation is 1. The van der Waals surface area contributed by atoms with Crippen LogP contribution in [0, 0.1) is 0 Å². The van der Waals surface area contributed by atoms with Crippen molar-refractivity contribution in [3.05, 3.63) is 40.1 Å². The number of halogens is 2. The second-order valence-electron chi connectivity index (χ2n) is 3.71. The highest BCUT2D eigenvalue weighted by molar-refractivity contribution is 6.39. The van der Waals surface area contributed by atoms with Crippen molar-refractivity contribution in [2.45, 2.75) is 0 Å². The van der Waals surface area contributed by atoms with Crippen molar-refractivity contribution in [1.82, 2.24) is 9.78 Å². The van der Waals surface area contributed by atoms with Gasteiger partial charge in [-0.05, 0) is 17.7 Å². The van der Waals surface area contributed by atoms with Crippen LogP contribution in [0.5, 0.6) is 0 Å². The van der Waals surface area contributed by atoms with Crippen LogP contribution in [0.15, 0.2) is 24.5 Å². The predicted molar refractivity (Wildman–Crippen MR) is 70.0 cm³/mol. The van der Waals surface area contributed by atoms with Crippen LogP contribution in [0.1, 0.15) is 10.4 Å². The smallest absolute Gasteiger partial charge is 0.340 e. The minimum atomic E-state index is -0.553. The van der Waals surface area contributed by atoms with E-state index in [0.29, 0.717) is 0 Å². The molecular weight excluding hydrogens is 275 g/mol. The normalized spacial score (nSPS) is 10.4. The van der Waals surface area contributed by atoms with Crippen LogP contribution in [0.3, 0.4) is 0 Å². The van der Waals surface area contributed by atoms with E-state index in [1.54, 1.807) is 23.0 Å². The summed E-state index contributed by atoms with van der Waals surface area (Å²) < 4.78 is 6.30. The number of rotatable bonds is 2. The lowest BCUT2D eigenvalue weighted by Crippen LogP contribution is -2.03. The molecule has 0 saturated carbocycles. The molecule has 4 nitrogen and oxygen atoms in total. The second kappa shape index (κ2) is 5.00. The van der Waals surface area contributed by atoms with E-state index in [0.717, 1.165) is 11.1 Å². The molecule has 0 aliphatic carbocycles. The third-order valence-corrected chi connectivity index (χ3v) is 3.07. The number of carbonyl (C=O) groups is 1. The Balaban J connectivity index is 2.52. The summed E-state index contributed by atoms with van der Waals surface area (Å²) in [5, 5.41) is 4.58. The summed E-state index contributed by atoms with van der Waals surface area (Å²) >= 11 is 12.1. The van der Waals surface area contributed by atoms with Gasteiger partial charge in [0.15, 0.2) is 0 Å². The Labute approximate surface area is 114 Å². The van der Waals surface area contributed by atoms with Crippen molar-refractivity contribution in [3.63, 3.8) is 0 Å². The first-order valence-corrected chi connectivity index (χ1v) is 5.85. The lowest BCUT2D eigenvalue weighted by atomic mass is 10.1. The van der Waals surface area contributed by atoms with E-state index in [1.807, 2.05) is 13.2 Å². The van der Waals surface area contributed by atoms with Gasteiger partial charge in [0, 0.05) is 18.8 Å². The molecule has 94 valence electrons. The van der Waals surface area contributed by atoms with Gasteiger partial charge in [-0.25, -0.2) is 4.79 Å². The molecule has 0 aliphatic rings. The van der Waals surface area contributed by atoms with Gasteiger partial charge in [-0.15, -0.1) is 0 Å². The van der Waals surface area contributed by atoms with Gasteiger partial charge < -0.3 is 4.74 Å². The Kier molecular flexibility index (Phi) is 3.59. The van der Waals surface area contributed by atoms with E-state index in [9.17, 15) is 4.79 Å². The van der Waals surface area contributed by atoms with Gasteiger partial charge >= 0.3 is 5.97 Å². The largest absolute Gasteiger partial charge is 0.465 e. The molecule has 6 heteroatoms. The SMILES string of the molecule is COC(=O)c1c(Cl)cc(-c2cnn(C)c2)cc1Cl. The topological polar surface area (TPSA) is 44.1 Å². The third kappa shape index (κ3) is 2.35. The molecule has 0 N–H and O–H groups in total. The Morgan fingerprint density at radius 2 is 1.89 bits per heavy atom. The van der Waals surface area contributed by atoms with Crippen molar-refractivity contribution in [1.29, 1.82) is 0 Å². The first-order chi connectivity index (χ1) is 8.52. The number of nitrogens with zero attached hydrogens (tertiary/aromatic N) is 2. The quantitative estimate of drug-likeness (QED) is 0.796. The first kappa shape index (κ1) is 12.9. The number of aromatic nitrogens is 2. The molecule has 0 saturated heterocycles. The van der Waals surface area contributed by atoms with Gasteiger partial charge in [0.2, 0.25) is 0 Å². The standard InChI is InChI=1S/C12H10Cl2N2O2/c1-16-6-8(5-15-16)7-3-9(13)11(10(14)4-7)12(17)18-2/h3-6H,1-2H3. The van der Waals surface area contributed by atoms with Crippen LogP contribution in [-0.2, 0) is 11.8 Å². The number of benzene rings is 1. The minimum absolute atomic E-state index is 0.175. The van der Waals surface area contributed by atoms with Crippen LogP contribution >= 0.6 is 23.2 Å². The number of hydrogen-bond donors (Lipinski definition) is 0. The molecule has 0 bridgehead atoms. The van der Waals surface area contributed by atoms with Gasteiger partial charge in [-0.3, -0.25) is 4.68 Å². The van der Waals surface area contributed by atoms with Crippen LogP contribution < -0.4 is 0 Å². The van der Waals surface area contributed by atoms with Crippen LogP contribution in [-0.4, -0.2) is 22.9 Å². The maximum absolute atomic E-state index is 11.5. The maximum Gasteiger partial charge on any atom is 0.340 e. The first-order valence-electron chi connectivity index (χ1n) is 5.09. The van der Waals surface area contributed by atoms with Gasteiger partial charge in [-0.2, -0.15) is 5.10 Å². The van der Waals surface area contributed by atoms with E-state index in [4.69, 9.17) is 23.2 Å². The van der Waals surface area contributed by atoms with Gasteiger partial charge in [0.05, 0.1) is 28.9 Å². The van der Waals surface area contributed by atoms with E-state index in [-0.39, 0.29) is 15.6 Å². The zero-order valence-electron chi connectivity index (χ0n) is 9.78. The van der Waals surface area contributed by atoms with E-state index in [2.05, 4.69) is 9.84 Å². The summed E-state index contributed by atoms with van der Waals surface area (Å²) in [7, 11) is 3.10. The number of hydrogen-bond acceptors (Lipinski definition) is 3. The molecule has 18 heavy (non-hydrogen) atoms. The van der Waals surface area contributed by atoms with Gasteiger partial charge in [0.25, 0.3) is 0 Å². The fraction of sp³-hybridized carbons (Fsp3) is 0.167. The molecular formula is C12H10Cl2N2O2. The Morgan fingerprint density at radius 3 is 2.33 bits per heavy atom. The van der Waals surface area contributed by atoms with E-state index in [1.165, 1.54) is 7.11 Å². The Hall–Kier alpha value is -1.52. The summed E-state index contributed by atoms with van der Waals surface area (Å²) in [6.45, 7) is 0. The third-order valence-electron chi connectivity index (χ3n) is 2.47. The summed E-state index contributed by atoms with van der Waals surface area (Å²) in [4.78, 5) is 11.5. The number of methoxy groups -OCH3 is 1. The lowest BCUT2D eigenvalue weighted by Gasteiger charge is -2.07. The highest BCUT2D eigenvalue weighted by atomic mass is 35.5. The fourth-order valence-corrected chi connectivity index (χ4v) is 2.25. The van der Waals surface area contributed by atoms with Crippen LogP contribution in [0.2, 0.25) is 10.0 Å². The molecule has 1 heterocycles. The average molecular weight is 285 g/mol. The molecule has 1 aromatic heterocycles. The molecule has 1 aromatic carbocycles. The predicted octanol–water partition coefficient (Wildman–Crippen LogP) is 3.18. The molecule has 0 atom stereocenters. The molecule has 0 fully saturated rings. The highest BCUT2D eigenvalue weighted by Gasteiger charge is 2.17. The summed E-state index contributed by atoms with van der Waals surface area (Å²) in [5.41, 5.74) is 1.84. The molecule has 2 rings (SSSR count). The van der Waals surface area contributed by atoms with Gasteiger partial charge in [0.1, 0.15) is 0 Å². The summed E-state index contributed by atoms with van der Waals surface area (Å²) in [6, 6.07) is 3.33. The molecule has 0 radical (unpaired) electrons. The zero-order chi connectivity index (χ0) is 13.3. The van der Waals surface area contributed by atoms with Crippen LogP contribution in [0.25, 0.3) is 11.1 Å². The summed E-state index contributed by atoms with van der Waals surface area (Å²) in [5.74, 6) is -0.553. The Morgan fingerprint density at radius 1 is 1.28 bits per heavy atom. The molecule has 0 aliphatic heterocycles. The van der Waals surface area contributed by atoms with E-state index >= 15 is 0 Å². The number of ether oxygens (including phenoxy) is 1. The fourth-order valence-electron chi connectivity index (χ4n) is 1.61. The van der Waals surface area contributed by atoms with Gasteiger partial charge in [-0.1, -0.05) is 23.2 Å². The van der Waals surface area contributed by atoms with Crippen LogP contribution in [0.4, 0.5) is 0 Å². The minimum Gasteiger partial charge on any atom is -0.465 e. The number of esters is 1. The molecule has 0 unspecified atom stereocenters. The second-order valence-corrected chi connectivity index (χ2v) is 4.52. The maximum atomic E-state index is 11.5. The van der Waals surface area contributed by atoms with Crippen molar-refractivity contribution in [3.8, 4) is 11.1 Å². The number of carbonyl (C=O) groups excluding carboxylic acids is 1. The highest BCUT2D eigenvalue weighted by Crippen LogP contribution is 2.31. The van der Waals surface area contributed by atoms with Crippen molar-refractivity contribution >= 4 is 29.2 Å². The van der Waals surface area contributed by atoms with Crippen molar-refractivity contribution in [2.75, 3.05) is 7.11 Å². The molecule has 0 spiro atoms. The summed E-state index contributed by atoms with van der Waals surface area (Å²) in [6.07, 6.45) is 3.53. The van der Waals surface area contributed by atoms with Crippen molar-refractivity contribution in [2.24, 2.45) is 7.05 Å².